The Hall–Kier alpha value is -3.02. The van der Waals surface area contributed by atoms with Crippen LogP contribution in [0, 0.1) is 0 Å². The van der Waals surface area contributed by atoms with Crippen molar-refractivity contribution in [3.8, 4) is 0 Å². The lowest BCUT2D eigenvalue weighted by molar-refractivity contribution is 0.0997. The van der Waals surface area contributed by atoms with Crippen LogP contribution in [0.25, 0.3) is 10.9 Å². The Bertz CT molecular complexity index is 1130. The predicted molar refractivity (Wildman–Crippen MR) is 108 cm³/mol. The number of nitrogens with zero attached hydrogens (tertiary/aromatic N) is 1. The summed E-state index contributed by atoms with van der Waals surface area (Å²) in [7, 11) is 0. The van der Waals surface area contributed by atoms with Crippen molar-refractivity contribution in [3.63, 3.8) is 0 Å². The molecular weight excluding hydrogens is 385 g/mol. The smallest absolute Gasteiger partial charge is 0.291 e. The number of carbonyl (C=O) groups excluding carboxylic acids is 1. The van der Waals surface area contributed by atoms with Crippen LogP contribution in [0.5, 0.6) is 0 Å². The highest BCUT2D eigenvalue weighted by molar-refractivity contribution is 6.42. The lowest BCUT2D eigenvalue weighted by Crippen LogP contribution is -2.11. The van der Waals surface area contributed by atoms with Crippen LogP contribution in [0.1, 0.15) is 10.6 Å². The number of furan rings is 1. The van der Waals surface area contributed by atoms with Crippen molar-refractivity contribution >= 4 is 57.2 Å². The van der Waals surface area contributed by atoms with Gasteiger partial charge >= 0.3 is 0 Å². The van der Waals surface area contributed by atoms with Crippen LogP contribution < -0.4 is 10.6 Å². The SMILES string of the molecule is O=C(Nc1cc(Nc2ccc(Cl)c(Cl)c2)nc2ccccc12)c1ccco1. The summed E-state index contributed by atoms with van der Waals surface area (Å²) in [4.78, 5) is 17.0. The number of nitrogens with one attached hydrogen (secondary N) is 2. The fraction of sp³-hybridized carbons (Fsp3) is 0. The highest BCUT2D eigenvalue weighted by Gasteiger charge is 2.13. The number of para-hydroxylation sites is 1. The Labute approximate surface area is 164 Å². The van der Waals surface area contributed by atoms with Crippen molar-refractivity contribution in [1.29, 1.82) is 0 Å². The number of amides is 1. The molecule has 0 fully saturated rings. The minimum Gasteiger partial charge on any atom is -0.459 e. The van der Waals surface area contributed by atoms with Crippen molar-refractivity contribution < 1.29 is 9.21 Å². The summed E-state index contributed by atoms with van der Waals surface area (Å²) >= 11 is 12.0. The molecule has 0 unspecified atom stereocenters. The molecule has 0 saturated heterocycles. The van der Waals surface area contributed by atoms with E-state index in [1.807, 2.05) is 24.3 Å². The summed E-state index contributed by atoms with van der Waals surface area (Å²) in [5.41, 5.74) is 2.08. The van der Waals surface area contributed by atoms with Crippen LogP contribution in [0.2, 0.25) is 10.0 Å². The Kier molecular flexibility index (Phi) is 4.71. The molecule has 2 aromatic carbocycles. The Morgan fingerprint density at radius 3 is 2.59 bits per heavy atom. The molecule has 5 nitrogen and oxygen atoms in total. The summed E-state index contributed by atoms with van der Waals surface area (Å²) in [6.07, 6.45) is 1.46. The van der Waals surface area contributed by atoms with Gasteiger partial charge < -0.3 is 15.1 Å². The number of carbonyl (C=O) groups is 1. The van der Waals surface area contributed by atoms with Crippen LogP contribution >= 0.6 is 23.2 Å². The normalized spacial score (nSPS) is 10.7. The average molecular weight is 398 g/mol. The largest absolute Gasteiger partial charge is 0.459 e. The zero-order chi connectivity index (χ0) is 18.8. The van der Waals surface area contributed by atoms with Crippen LogP contribution in [0.4, 0.5) is 17.2 Å². The Balaban J connectivity index is 1.71. The molecule has 2 heterocycles. The fourth-order valence-corrected chi connectivity index (χ4v) is 2.95. The zero-order valence-corrected chi connectivity index (χ0v) is 15.4. The minimum atomic E-state index is -0.336. The van der Waals surface area contributed by atoms with Crippen LogP contribution in [0.15, 0.2) is 71.3 Å². The highest BCUT2D eigenvalue weighted by Crippen LogP contribution is 2.30. The summed E-state index contributed by atoms with van der Waals surface area (Å²) in [6.45, 7) is 0. The van der Waals surface area contributed by atoms with E-state index in [4.69, 9.17) is 27.6 Å². The van der Waals surface area contributed by atoms with Gasteiger partial charge in [0.1, 0.15) is 5.82 Å². The number of benzene rings is 2. The van der Waals surface area contributed by atoms with Crippen molar-refractivity contribution in [2.45, 2.75) is 0 Å². The first-order chi connectivity index (χ1) is 13.1. The van der Waals surface area contributed by atoms with E-state index in [1.54, 1.807) is 36.4 Å². The molecule has 0 atom stereocenters. The van der Waals surface area contributed by atoms with Gasteiger partial charge in [-0.25, -0.2) is 4.98 Å². The molecule has 0 radical (unpaired) electrons. The molecule has 0 aliphatic heterocycles. The second-order valence-corrected chi connectivity index (χ2v) is 6.57. The van der Waals surface area contributed by atoms with E-state index in [-0.39, 0.29) is 11.7 Å². The van der Waals surface area contributed by atoms with E-state index in [9.17, 15) is 4.79 Å². The van der Waals surface area contributed by atoms with Crippen molar-refractivity contribution in [3.05, 3.63) is 82.7 Å². The molecule has 4 rings (SSSR count). The number of fused-ring (bicyclic) bond motifs is 1. The minimum absolute atomic E-state index is 0.231. The fourth-order valence-electron chi connectivity index (χ4n) is 2.66. The van der Waals surface area contributed by atoms with Gasteiger partial charge in [-0.2, -0.15) is 0 Å². The van der Waals surface area contributed by atoms with Crippen LogP contribution in [-0.4, -0.2) is 10.9 Å². The van der Waals surface area contributed by atoms with E-state index >= 15 is 0 Å². The first-order valence-electron chi connectivity index (χ1n) is 8.07. The third-order valence-corrected chi connectivity index (χ3v) is 4.64. The van der Waals surface area contributed by atoms with E-state index in [1.165, 1.54) is 6.26 Å². The lowest BCUT2D eigenvalue weighted by Gasteiger charge is -2.12. The van der Waals surface area contributed by atoms with E-state index in [2.05, 4.69) is 15.6 Å². The van der Waals surface area contributed by atoms with Gasteiger partial charge in [0.15, 0.2) is 5.76 Å². The summed E-state index contributed by atoms with van der Waals surface area (Å²) in [5, 5.41) is 7.79. The molecule has 7 heteroatoms. The van der Waals surface area contributed by atoms with E-state index in [0.717, 1.165) is 16.6 Å². The van der Waals surface area contributed by atoms with Gasteiger partial charge in [-0.15, -0.1) is 0 Å². The quantitative estimate of drug-likeness (QED) is 0.434. The topological polar surface area (TPSA) is 67.2 Å². The number of rotatable bonds is 4. The number of hydrogen-bond acceptors (Lipinski definition) is 4. The highest BCUT2D eigenvalue weighted by atomic mass is 35.5. The second kappa shape index (κ2) is 7.31. The molecule has 0 aliphatic carbocycles. The van der Waals surface area contributed by atoms with Gasteiger partial charge in [0.05, 0.1) is 27.5 Å². The van der Waals surface area contributed by atoms with Gasteiger partial charge in [0, 0.05) is 17.1 Å². The molecule has 2 N–H and O–H groups in total. The number of halogens is 2. The van der Waals surface area contributed by atoms with Gasteiger partial charge in [0.2, 0.25) is 0 Å². The van der Waals surface area contributed by atoms with Crippen LogP contribution in [0.3, 0.4) is 0 Å². The Morgan fingerprint density at radius 1 is 0.963 bits per heavy atom. The third kappa shape index (κ3) is 3.74. The molecular formula is C20H13Cl2N3O2. The van der Waals surface area contributed by atoms with Crippen molar-refractivity contribution in [1.82, 2.24) is 4.98 Å². The van der Waals surface area contributed by atoms with E-state index in [0.29, 0.717) is 21.6 Å². The molecule has 4 aromatic rings. The summed E-state index contributed by atoms with van der Waals surface area (Å²) in [6, 6.07) is 17.8. The molecule has 134 valence electrons. The predicted octanol–water partition coefficient (Wildman–Crippen LogP) is 6.13. The Morgan fingerprint density at radius 2 is 1.81 bits per heavy atom. The number of pyridine rings is 1. The molecule has 0 aliphatic rings. The summed E-state index contributed by atoms with van der Waals surface area (Å²) < 4.78 is 5.16. The molecule has 0 spiro atoms. The standard InChI is InChI=1S/C20H13Cl2N3O2/c21-14-8-7-12(10-15(14)22)23-19-11-17(13-4-1-2-5-16(13)24-19)25-20(26)18-6-3-9-27-18/h1-11H,(H2,23,24,25,26). The van der Waals surface area contributed by atoms with E-state index < -0.39 is 0 Å². The maximum Gasteiger partial charge on any atom is 0.291 e. The summed E-state index contributed by atoms with van der Waals surface area (Å²) in [5.74, 6) is 0.452. The molecule has 27 heavy (non-hydrogen) atoms. The molecule has 2 aromatic heterocycles. The number of hydrogen-bond donors (Lipinski definition) is 2. The van der Waals surface area contributed by atoms with Gasteiger partial charge in [-0.05, 0) is 36.4 Å². The average Bonchev–Trinajstić information content (AvgIpc) is 3.20. The van der Waals surface area contributed by atoms with Gasteiger partial charge in [-0.3, -0.25) is 4.79 Å². The first kappa shape index (κ1) is 17.4. The molecule has 0 saturated carbocycles. The second-order valence-electron chi connectivity index (χ2n) is 5.76. The monoisotopic (exact) mass is 397 g/mol. The van der Waals surface area contributed by atoms with Gasteiger partial charge in [0.25, 0.3) is 5.91 Å². The lowest BCUT2D eigenvalue weighted by atomic mass is 10.1. The zero-order valence-electron chi connectivity index (χ0n) is 13.9. The first-order valence-corrected chi connectivity index (χ1v) is 8.82. The number of anilines is 3. The van der Waals surface area contributed by atoms with Gasteiger partial charge in [-0.1, -0.05) is 41.4 Å². The third-order valence-electron chi connectivity index (χ3n) is 3.90. The van der Waals surface area contributed by atoms with Crippen LogP contribution in [-0.2, 0) is 0 Å². The molecule has 1 amide bonds. The maximum atomic E-state index is 12.4. The maximum absolute atomic E-state index is 12.4. The van der Waals surface area contributed by atoms with Crippen molar-refractivity contribution in [2.75, 3.05) is 10.6 Å². The number of aromatic nitrogens is 1. The van der Waals surface area contributed by atoms with Crippen molar-refractivity contribution in [2.24, 2.45) is 0 Å². The molecule has 0 bridgehead atoms.